The lowest BCUT2D eigenvalue weighted by molar-refractivity contribution is 0.111. The number of fused-ring (bicyclic) bond motifs is 2. The Morgan fingerprint density at radius 1 is 0.929 bits per heavy atom. The second-order valence-corrected chi connectivity index (χ2v) is 9.64. The fraction of sp³-hybridized carbons (Fsp3) is 0.409. The highest BCUT2D eigenvalue weighted by atomic mass is 32.1. The first-order valence-electron chi connectivity index (χ1n) is 9.63. The van der Waals surface area contributed by atoms with Crippen LogP contribution in [0, 0.1) is 11.8 Å². The zero-order valence-electron chi connectivity index (χ0n) is 16.9. The summed E-state index contributed by atoms with van der Waals surface area (Å²) >= 11 is 3.44. The van der Waals surface area contributed by atoms with E-state index in [0.29, 0.717) is 11.8 Å². The molecule has 0 saturated heterocycles. The lowest BCUT2D eigenvalue weighted by Gasteiger charge is -2.10. The summed E-state index contributed by atoms with van der Waals surface area (Å²) in [5.74, 6) is 1.17. The Labute approximate surface area is 174 Å². The van der Waals surface area contributed by atoms with E-state index in [4.69, 9.17) is 0 Å². The van der Waals surface area contributed by atoms with Gasteiger partial charge in [0.1, 0.15) is 9.66 Å². The van der Waals surface area contributed by atoms with E-state index in [-0.39, 0.29) is 6.61 Å². The van der Waals surface area contributed by atoms with Crippen molar-refractivity contribution in [2.75, 3.05) is 0 Å². The van der Waals surface area contributed by atoms with Crippen LogP contribution in [-0.2, 0) is 19.7 Å². The molecule has 0 radical (unpaired) electrons. The van der Waals surface area contributed by atoms with Crippen molar-refractivity contribution in [1.29, 1.82) is 0 Å². The number of carbonyl (C=O) groups is 1. The SMILES string of the molecule is CC(C)Cn1c(C=O)cc2ccsc21.CC(C)Cn1c(CO)cc2ccsc21. The van der Waals surface area contributed by atoms with Crippen molar-refractivity contribution in [3.63, 3.8) is 0 Å². The summed E-state index contributed by atoms with van der Waals surface area (Å²) in [6.45, 7) is 10.7. The van der Waals surface area contributed by atoms with E-state index in [1.807, 2.05) is 6.07 Å². The van der Waals surface area contributed by atoms with Crippen LogP contribution in [0.15, 0.2) is 35.0 Å². The molecule has 28 heavy (non-hydrogen) atoms. The first-order valence-corrected chi connectivity index (χ1v) is 11.4. The highest BCUT2D eigenvalue weighted by Gasteiger charge is 2.10. The molecule has 0 aliphatic carbocycles. The summed E-state index contributed by atoms with van der Waals surface area (Å²) < 4.78 is 4.34. The number of thiophene rings is 2. The van der Waals surface area contributed by atoms with Gasteiger partial charge in [0, 0.05) is 29.6 Å². The minimum absolute atomic E-state index is 0.133. The van der Waals surface area contributed by atoms with Crippen molar-refractivity contribution in [3.05, 3.63) is 46.4 Å². The number of carbonyl (C=O) groups excluding carboxylic acids is 1. The Morgan fingerprint density at radius 2 is 1.46 bits per heavy atom. The van der Waals surface area contributed by atoms with Crippen molar-refractivity contribution < 1.29 is 9.90 Å². The van der Waals surface area contributed by atoms with Gasteiger partial charge >= 0.3 is 0 Å². The van der Waals surface area contributed by atoms with Gasteiger partial charge in [-0.15, -0.1) is 22.7 Å². The molecule has 4 rings (SSSR count). The molecule has 6 heteroatoms. The molecule has 4 nitrogen and oxygen atoms in total. The predicted molar refractivity (Wildman–Crippen MR) is 121 cm³/mol. The zero-order chi connectivity index (χ0) is 20.3. The fourth-order valence-electron chi connectivity index (χ4n) is 3.37. The van der Waals surface area contributed by atoms with Gasteiger partial charge < -0.3 is 14.2 Å². The third-order valence-electron chi connectivity index (χ3n) is 4.50. The number of hydrogen-bond acceptors (Lipinski definition) is 4. The molecule has 1 N–H and O–H groups in total. The molecule has 4 aromatic rings. The zero-order valence-corrected chi connectivity index (χ0v) is 18.5. The minimum Gasteiger partial charge on any atom is -0.390 e. The largest absolute Gasteiger partial charge is 0.390 e. The van der Waals surface area contributed by atoms with Crippen molar-refractivity contribution in [2.24, 2.45) is 11.8 Å². The van der Waals surface area contributed by atoms with Gasteiger partial charge in [-0.2, -0.15) is 0 Å². The Bertz CT molecular complexity index is 1050. The van der Waals surface area contributed by atoms with Gasteiger partial charge in [-0.3, -0.25) is 4.79 Å². The molecule has 0 bridgehead atoms. The van der Waals surface area contributed by atoms with Crippen molar-refractivity contribution in [3.8, 4) is 0 Å². The molecule has 0 atom stereocenters. The number of rotatable bonds is 6. The average molecular weight is 417 g/mol. The maximum Gasteiger partial charge on any atom is 0.166 e. The molecule has 0 unspecified atom stereocenters. The molecule has 0 saturated carbocycles. The van der Waals surface area contributed by atoms with Crippen LogP contribution in [-0.4, -0.2) is 20.5 Å². The molecular weight excluding hydrogens is 388 g/mol. The van der Waals surface area contributed by atoms with E-state index in [0.717, 1.165) is 30.8 Å². The molecule has 4 aromatic heterocycles. The van der Waals surface area contributed by atoms with Crippen molar-refractivity contribution in [1.82, 2.24) is 9.13 Å². The van der Waals surface area contributed by atoms with E-state index >= 15 is 0 Å². The second kappa shape index (κ2) is 9.07. The number of aliphatic hydroxyl groups excluding tert-OH is 1. The molecule has 0 spiro atoms. The Kier molecular flexibility index (Phi) is 6.75. The third kappa shape index (κ3) is 4.40. The maximum atomic E-state index is 10.9. The van der Waals surface area contributed by atoms with Crippen LogP contribution in [0.25, 0.3) is 20.4 Å². The first-order chi connectivity index (χ1) is 13.4. The van der Waals surface area contributed by atoms with Gasteiger partial charge in [-0.25, -0.2) is 0 Å². The maximum absolute atomic E-state index is 10.9. The minimum atomic E-state index is 0.133. The highest BCUT2D eigenvalue weighted by Crippen LogP contribution is 2.26. The van der Waals surface area contributed by atoms with Gasteiger partial charge in [-0.1, -0.05) is 27.7 Å². The smallest absolute Gasteiger partial charge is 0.166 e. The third-order valence-corrected chi connectivity index (χ3v) is 6.40. The number of aldehydes is 1. The van der Waals surface area contributed by atoms with E-state index in [2.05, 4.69) is 65.8 Å². The van der Waals surface area contributed by atoms with Gasteiger partial charge in [-0.05, 0) is 46.9 Å². The summed E-state index contributed by atoms with van der Waals surface area (Å²) in [6, 6.07) is 8.20. The topological polar surface area (TPSA) is 47.2 Å². The lowest BCUT2D eigenvalue weighted by Crippen LogP contribution is -2.07. The molecular formula is C22H28N2O2S2. The summed E-state index contributed by atoms with van der Waals surface area (Å²) in [6.07, 6.45) is 0.940. The summed E-state index contributed by atoms with van der Waals surface area (Å²) in [4.78, 5) is 13.3. The first kappa shape index (κ1) is 20.8. The van der Waals surface area contributed by atoms with Gasteiger partial charge in [0.15, 0.2) is 6.29 Å². The van der Waals surface area contributed by atoms with Crippen molar-refractivity contribution >= 4 is 49.4 Å². The molecule has 0 amide bonds. The molecule has 150 valence electrons. The van der Waals surface area contributed by atoms with Crippen LogP contribution in [0.1, 0.15) is 43.9 Å². The molecule has 4 heterocycles. The monoisotopic (exact) mass is 416 g/mol. The van der Waals surface area contributed by atoms with Crippen LogP contribution >= 0.6 is 22.7 Å². The van der Waals surface area contributed by atoms with Crippen LogP contribution in [0.3, 0.4) is 0 Å². The van der Waals surface area contributed by atoms with E-state index in [9.17, 15) is 9.90 Å². The summed E-state index contributed by atoms with van der Waals surface area (Å²) in [5.41, 5.74) is 1.82. The van der Waals surface area contributed by atoms with Gasteiger partial charge in [0.2, 0.25) is 0 Å². The van der Waals surface area contributed by atoms with E-state index in [1.54, 1.807) is 22.7 Å². The van der Waals surface area contributed by atoms with Gasteiger partial charge in [0.25, 0.3) is 0 Å². The molecule has 0 aliphatic rings. The summed E-state index contributed by atoms with van der Waals surface area (Å²) in [5, 5.41) is 15.8. The normalized spacial score (nSPS) is 11.5. The van der Waals surface area contributed by atoms with Crippen LogP contribution < -0.4 is 0 Å². The number of nitrogens with zero attached hydrogens (tertiary/aromatic N) is 2. The quantitative estimate of drug-likeness (QED) is 0.391. The number of aliphatic hydroxyl groups is 1. The number of hydrogen-bond donors (Lipinski definition) is 1. The number of aromatic nitrogens is 2. The molecule has 0 aliphatic heterocycles. The van der Waals surface area contributed by atoms with Crippen LogP contribution in [0.2, 0.25) is 0 Å². The van der Waals surface area contributed by atoms with Crippen LogP contribution in [0.4, 0.5) is 0 Å². The molecule has 0 fully saturated rings. The predicted octanol–water partition coefficient (Wildman–Crippen LogP) is 6.02. The van der Waals surface area contributed by atoms with E-state index < -0.39 is 0 Å². The fourth-order valence-corrected chi connectivity index (χ4v) is 5.21. The second-order valence-electron chi connectivity index (χ2n) is 7.85. The summed E-state index contributed by atoms with van der Waals surface area (Å²) in [7, 11) is 0. The van der Waals surface area contributed by atoms with Crippen molar-refractivity contribution in [2.45, 2.75) is 47.4 Å². The Hall–Kier alpha value is -1.89. The highest BCUT2D eigenvalue weighted by molar-refractivity contribution is 7.17. The van der Waals surface area contributed by atoms with Crippen LogP contribution in [0.5, 0.6) is 0 Å². The Balaban J connectivity index is 0.000000161. The van der Waals surface area contributed by atoms with E-state index in [1.165, 1.54) is 20.4 Å². The standard InChI is InChI=1S/C11H15NOS.C11H13NOS/c2*1-8(2)6-12-10(7-13)5-9-3-4-14-11(9)12/h3-5,8,13H,6-7H2,1-2H3;3-5,7-8H,6H2,1-2H3. The average Bonchev–Trinajstić information content (AvgIpc) is 3.38. The molecule has 0 aromatic carbocycles. The van der Waals surface area contributed by atoms with Gasteiger partial charge in [0.05, 0.1) is 12.3 Å². The Morgan fingerprint density at radius 3 is 2.00 bits per heavy atom. The lowest BCUT2D eigenvalue weighted by atomic mass is 10.2.